The van der Waals surface area contributed by atoms with Gasteiger partial charge in [-0.05, 0) is 43.5 Å². The minimum absolute atomic E-state index is 0.173. The molecule has 0 aromatic heterocycles. The number of nitrogen functional groups attached to an aromatic ring is 1. The molecule has 0 atom stereocenters. The second-order valence-corrected chi connectivity index (χ2v) is 4.44. The summed E-state index contributed by atoms with van der Waals surface area (Å²) in [7, 11) is 0. The molecule has 0 spiro atoms. The Bertz CT molecular complexity index is 375. The molecular weight excluding hydrogens is 241 g/mol. The summed E-state index contributed by atoms with van der Waals surface area (Å²) >= 11 is 0. The molecule has 1 aromatic rings. The van der Waals surface area contributed by atoms with Gasteiger partial charge in [-0.3, -0.25) is 0 Å². The average Bonchev–Trinajstić information content (AvgIpc) is 2.26. The number of halogens is 3. The van der Waals surface area contributed by atoms with Gasteiger partial charge >= 0.3 is 6.18 Å². The van der Waals surface area contributed by atoms with Crippen molar-refractivity contribution in [3.63, 3.8) is 0 Å². The van der Waals surface area contributed by atoms with E-state index < -0.39 is 12.6 Å². The normalized spacial score (nSPS) is 11.8. The highest BCUT2D eigenvalue weighted by molar-refractivity contribution is 5.48. The molecule has 18 heavy (non-hydrogen) atoms. The summed E-state index contributed by atoms with van der Waals surface area (Å²) in [5, 5.41) is 3.11. The number of anilines is 1. The van der Waals surface area contributed by atoms with Gasteiger partial charge in [-0.15, -0.1) is 0 Å². The number of rotatable bonds is 6. The van der Waals surface area contributed by atoms with Crippen LogP contribution in [0, 0.1) is 6.92 Å². The number of nitrogens with two attached hydrogens (primary N) is 1. The van der Waals surface area contributed by atoms with Crippen molar-refractivity contribution >= 4 is 5.69 Å². The lowest BCUT2D eigenvalue weighted by Crippen LogP contribution is -2.16. The van der Waals surface area contributed by atoms with Crippen LogP contribution in [0.1, 0.15) is 30.4 Å². The van der Waals surface area contributed by atoms with E-state index in [1.54, 1.807) is 0 Å². The fraction of sp³-hybridized carbons (Fsp3) is 0.538. The van der Waals surface area contributed by atoms with Crippen molar-refractivity contribution in [3.05, 3.63) is 29.3 Å². The SMILES string of the molecule is Cc1ccc(CNCCCCC(F)(F)F)cc1N. The van der Waals surface area contributed by atoms with Crippen molar-refractivity contribution in [3.8, 4) is 0 Å². The van der Waals surface area contributed by atoms with Crippen LogP contribution in [0.3, 0.4) is 0 Å². The molecule has 102 valence electrons. The van der Waals surface area contributed by atoms with Crippen LogP contribution >= 0.6 is 0 Å². The van der Waals surface area contributed by atoms with Gasteiger partial charge in [0.05, 0.1) is 0 Å². The lowest BCUT2D eigenvalue weighted by molar-refractivity contribution is -0.135. The summed E-state index contributed by atoms with van der Waals surface area (Å²) in [6, 6.07) is 5.79. The molecule has 1 aromatic carbocycles. The molecule has 0 radical (unpaired) electrons. The topological polar surface area (TPSA) is 38.0 Å². The fourth-order valence-electron chi connectivity index (χ4n) is 1.61. The van der Waals surface area contributed by atoms with E-state index in [2.05, 4.69) is 5.32 Å². The van der Waals surface area contributed by atoms with Crippen molar-refractivity contribution in [2.24, 2.45) is 0 Å². The first-order chi connectivity index (χ1) is 8.38. The Morgan fingerprint density at radius 2 is 1.94 bits per heavy atom. The molecule has 0 saturated carbocycles. The van der Waals surface area contributed by atoms with Gasteiger partial charge in [0.1, 0.15) is 0 Å². The Kier molecular flexibility index (Phi) is 5.47. The lowest BCUT2D eigenvalue weighted by atomic mass is 10.1. The molecule has 5 heteroatoms. The first-order valence-corrected chi connectivity index (χ1v) is 6.01. The minimum atomic E-state index is -4.04. The molecule has 0 aliphatic carbocycles. The van der Waals surface area contributed by atoms with E-state index in [9.17, 15) is 13.2 Å². The van der Waals surface area contributed by atoms with Gasteiger partial charge in [-0.25, -0.2) is 0 Å². The molecule has 2 nitrogen and oxygen atoms in total. The van der Waals surface area contributed by atoms with Gasteiger partial charge in [0.15, 0.2) is 0 Å². The maximum absolute atomic E-state index is 11.9. The lowest BCUT2D eigenvalue weighted by Gasteiger charge is -2.08. The zero-order valence-electron chi connectivity index (χ0n) is 10.5. The highest BCUT2D eigenvalue weighted by Gasteiger charge is 2.25. The Morgan fingerprint density at radius 3 is 2.56 bits per heavy atom. The molecule has 0 amide bonds. The molecule has 0 unspecified atom stereocenters. The van der Waals surface area contributed by atoms with Crippen LogP contribution in [0.25, 0.3) is 0 Å². The van der Waals surface area contributed by atoms with E-state index in [0.717, 1.165) is 16.8 Å². The second-order valence-electron chi connectivity index (χ2n) is 4.44. The van der Waals surface area contributed by atoms with Gasteiger partial charge in [0.25, 0.3) is 0 Å². The highest BCUT2D eigenvalue weighted by Crippen LogP contribution is 2.21. The number of alkyl halides is 3. The first kappa shape index (κ1) is 14.8. The number of aryl methyl sites for hydroxylation is 1. The summed E-state index contributed by atoms with van der Waals surface area (Å²) < 4.78 is 35.6. The Hall–Kier alpha value is -1.23. The summed E-state index contributed by atoms with van der Waals surface area (Å²) in [6.45, 7) is 3.16. The standard InChI is InChI=1S/C13H19F3N2/c1-10-4-5-11(8-12(10)17)9-18-7-3-2-6-13(14,15)16/h4-5,8,18H,2-3,6-7,9,17H2,1H3. The third-order valence-corrected chi connectivity index (χ3v) is 2.74. The number of benzene rings is 1. The van der Waals surface area contributed by atoms with Crippen molar-refractivity contribution in [2.75, 3.05) is 12.3 Å². The zero-order valence-corrected chi connectivity index (χ0v) is 10.5. The van der Waals surface area contributed by atoms with Crippen molar-refractivity contribution in [1.29, 1.82) is 0 Å². The average molecular weight is 260 g/mol. The Labute approximate surface area is 105 Å². The number of unbranched alkanes of at least 4 members (excludes halogenated alkanes) is 1. The number of hydrogen-bond donors (Lipinski definition) is 2. The van der Waals surface area contributed by atoms with Crippen LogP contribution < -0.4 is 11.1 Å². The third-order valence-electron chi connectivity index (χ3n) is 2.74. The van der Waals surface area contributed by atoms with Crippen LogP contribution in [0.15, 0.2) is 18.2 Å². The Balaban J connectivity index is 2.16. The van der Waals surface area contributed by atoms with E-state index in [4.69, 9.17) is 5.73 Å². The van der Waals surface area contributed by atoms with E-state index in [1.807, 2.05) is 25.1 Å². The highest BCUT2D eigenvalue weighted by atomic mass is 19.4. The van der Waals surface area contributed by atoms with Gasteiger partial charge in [-0.1, -0.05) is 12.1 Å². The van der Waals surface area contributed by atoms with Crippen LogP contribution in [0.2, 0.25) is 0 Å². The molecular formula is C13H19F3N2. The van der Waals surface area contributed by atoms with E-state index in [-0.39, 0.29) is 6.42 Å². The van der Waals surface area contributed by atoms with Crippen LogP contribution in [0.5, 0.6) is 0 Å². The first-order valence-electron chi connectivity index (χ1n) is 6.01. The van der Waals surface area contributed by atoms with Crippen LogP contribution in [0.4, 0.5) is 18.9 Å². The predicted molar refractivity (Wildman–Crippen MR) is 67.2 cm³/mol. The Morgan fingerprint density at radius 1 is 1.22 bits per heavy atom. The summed E-state index contributed by atoms with van der Waals surface area (Å²) in [4.78, 5) is 0. The monoisotopic (exact) mass is 260 g/mol. The van der Waals surface area contributed by atoms with Crippen molar-refractivity contribution in [1.82, 2.24) is 5.32 Å². The summed E-state index contributed by atoms with van der Waals surface area (Å²) in [6.07, 6.45) is -4.04. The van der Waals surface area contributed by atoms with E-state index >= 15 is 0 Å². The van der Waals surface area contributed by atoms with Crippen LogP contribution in [-0.2, 0) is 6.54 Å². The summed E-state index contributed by atoms with van der Waals surface area (Å²) in [5.41, 5.74) is 8.59. The number of hydrogen-bond acceptors (Lipinski definition) is 2. The van der Waals surface area contributed by atoms with E-state index in [1.165, 1.54) is 0 Å². The molecule has 0 aliphatic rings. The minimum Gasteiger partial charge on any atom is -0.399 e. The predicted octanol–water partition coefficient (Wildman–Crippen LogP) is 3.40. The second kappa shape index (κ2) is 6.64. The molecule has 3 N–H and O–H groups in total. The third kappa shape index (κ3) is 5.91. The van der Waals surface area contributed by atoms with E-state index in [0.29, 0.717) is 19.5 Å². The van der Waals surface area contributed by atoms with Gasteiger partial charge < -0.3 is 11.1 Å². The maximum atomic E-state index is 11.9. The van der Waals surface area contributed by atoms with Crippen LogP contribution in [-0.4, -0.2) is 12.7 Å². The quantitative estimate of drug-likeness (QED) is 0.607. The molecule has 1 rings (SSSR count). The maximum Gasteiger partial charge on any atom is 0.389 e. The largest absolute Gasteiger partial charge is 0.399 e. The summed E-state index contributed by atoms with van der Waals surface area (Å²) in [5.74, 6) is 0. The van der Waals surface area contributed by atoms with Crippen molar-refractivity contribution in [2.45, 2.75) is 38.9 Å². The molecule has 0 aliphatic heterocycles. The molecule has 0 heterocycles. The molecule has 0 bridgehead atoms. The smallest absolute Gasteiger partial charge is 0.389 e. The van der Waals surface area contributed by atoms with Gasteiger partial charge in [0, 0.05) is 18.7 Å². The van der Waals surface area contributed by atoms with Crippen molar-refractivity contribution < 1.29 is 13.2 Å². The molecule has 0 saturated heterocycles. The zero-order chi connectivity index (χ0) is 13.6. The fourth-order valence-corrected chi connectivity index (χ4v) is 1.61. The molecule has 0 fully saturated rings. The van der Waals surface area contributed by atoms with Gasteiger partial charge in [-0.2, -0.15) is 13.2 Å². The number of nitrogens with one attached hydrogen (secondary N) is 1. The van der Waals surface area contributed by atoms with Gasteiger partial charge in [0.2, 0.25) is 0 Å².